The highest BCUT2D eigenvalue weighted by Crippen LogP contribution is 2.05. The van der Waals surface area contributed by atoms with Crippen molar-refractivity contribution in [3.63, 3.8) is 0 Å². The number of hydrogen-bond acceptors (Lipinski definition) is 2. The van der Waals surface area contributed by atoms with Crippen molar-refractivity contribution in [2.24, 2.45) is 0 Å². The predicted octanol–water partition coefficient (Wildman–Crippen LogP) is 1.47. The molecule has 0 radical (unpaired) electrons. The number of amides is 1. The number of rotatable bonds is 4. The molecule has 1 N–H and O–H groups in total. The van der Waals surface area contributed by atoms with Crippen LogP contribution < -0.4 is 10.9 Å². The van der Waals surface area contributed by atoms with Crippen LogP contribution in [-0.2, 0) is 17.9 Å². The van der Waals surface area contributed by atoms with Crippen LogP contribution in [0.3, 0.4) is 0 Å². The van der Waals surface area contributed by atoms with Crippen molar-refractivity contribution in [3.05, 3.63) is 70.1 Å². The Morgan fingerprint density at radius 1 is 1.16 bits per heavy atom. The first-order valence-corrected chi connectivity index (χ1v) is 6.13. The van der Waals surface area contributed by atoms with Gasteiger partial charge in [-0.1, -0.05) is 30.3 Å². The van der Waals surface area contributed by atoms with Crippen LogP contribution in [0.2, 0.25) is 0 Å². The van der Waals surface area contributed by atoms with E-state index in [9.17, 15) is 9.59 Å². The van der Waals surface area contributed by atoms with Gasteiger partial charge in [0.05, 0.1) is 0 Å². The van der Waals surface area contributed by atoms with Gasteiger partial charge in [-0.3, -0.25) is 9.59 Å². The summed E-state index contributed by atoms with van der Waals surface area (Å²) in [5.41, 5.74) is 2.05. The zero-order chi connectivity index (χ0) is 13.7. The monoisotopic (exact) mass is 256 g/mol. The molecule has 0 unspecified atom stereocenters. The minimum atomic E-state index is -0.173. The molecule has 1 amide bonds. The van der Waals surface area contributed by atoms with Gasteiger partial charge in [0, 0.05) is 18.8 Å². The Balaban J connectivity index is 1.94. The molecule has 0 fully saturated rings. The number of carbonyl (C=O) groups is 1. The second kappa shape index (κ2) is 6.00. The van der Waals surface area contributed by atoms with Crippen LogP contribution in [0, 0.1) is 6.92 Å². The molecule has 19 heavy (non-hydrogen) atoms. The SMILES string of the molecule is Cc1ccccc1CNC(=O)Cn1ccccc1=O. The van der Waals surface area contributed by atoms with Crippen molar-refractivity contribution in [1.82, 2.24) is 9.88 Å². The Labute approximate surface area is 111 Å². The number of pyridine rings is 1. The molecule has 2 rings (SSSR count). The molecule has 0 bridgehead atoms. The summed E-state index contributed by atoms with van der Waals surface area (Å²) in [4.78, 5) is 23.2. The molecule has 0 aliphatic rings. The smallest absolute Gasteiger partial charge is 0.250 e. The molecule has 98 valence electrons. The number of hydrogen-bond donors (Lipinski definition) is 1. The number of benzene rings is 1. The first kappa shape index (κ1) is 13.1. The van der Waals surface area contributed by atoms with E-state index in [0.29, 0.717) is 6.54 Å². The lowest BCUT2D eigenvalue weighted by Crippen LogP contribution is -2.31. The first-order chi connectivity index (χ1) is 9.16. The fourth-order valence-corrected chi connectivity index (χ4v) is 1.80. The number of nitrogens with zero attached hydrogens (tertiary/aromatic N) is 1. The highest BCUT2D eigenvalue weighted by atomic mass is 16.2. The third-order valence-corrected chi connectivity index (χ3v) is 2.95. The normalized spacial score (nSPS) is 10.2. The van der Waals surface area contributed by atoms with Gasteiger partial charge in [0.2, 0.25) is 5.91 Å². The number of nitrogens with one attached hydrogen (secondary N) is 1. The molecule has 0 spiro atoms. The van der Waals surface area contributed by atoms with Gasteiger partial charge >= 0.3 is 0 Å². The van der Waals surface area contributed by atoms with Gasteiger partial charge in [-0.05, 0) is 24.1 Å². The van der Waals surface area contributed by atoms with Crippen molar-refractivity contribution in [2.75, 3.05) is 0 Å². The lowest BCUT2D eigenvalue weighted by Gasteiger charge is -2.08. The lowest BCUT2D eigenvalue weighted by molar-refractivity contribution is -0.121. The summed E-state index contributed by atoms with van der Waals surface area (Å²) in [6.07, 6.45) is 1.61. The van der Waals surface area contributed by atoms with E-state index in [2.05, 4.69) is 5.32 Å². The van der Waals surface area contributed by atoms with Crippen LogP contribution >= 0.6 is 0 Å². The van der Waals surface area contributed by atoms with Crippen LogP contribution in [-0.4, -0.2) is 10.5 Å². The summed E-state index contributed by atoms with van der Waals surface area (Å²) < 4.78 is 1.38. The molecular weight excluding hydrogens is 240 g/mol. The van der Waals surface area contributed by atoms with E-state index in [1.165, 1.54) is 10.6 Å². The molecule has 4 heteroatoms. The molecule has 1 aromatic heterocycles. The predicted molar refractivity (Wildman–Crippen MR) is 73.7 cm³/mol. The zero-order valence-corrected chi connectivity index (χ0v) is 10.8. The summed E-state index contributed by atoms with van der Waals surface area (Å²) in [6, 6.07) is 12.7. The van der Waals surface area contributed by atoms with E-state index in [1.807, 2.05) is 31.2 Å². The van der Waals surface area contributed by atoms with Crippen LogP contribution in [0.5, 0.6) is 0 Å². The Kier molecular flexibility index (Phi) is 4.13. The van der Waals surface area contributed by atoms with Gasteiger partial charge in [-0.15, -0.1) is 0 Å². The van der Waals surface area contributed by atoms with Crippen molar-refractivity contribution >= 4 is 5.91 Å². The van der Waals surface area contributed by atoms with Gasteiger partial charge in [0.1, 0.15) is 6.54 Å². The Morgan fingerprint density at radius 2 is 1.89 bits per heavy atom. The van der Waals surface area contributed by atoms with Gasteiger partial charge in [-0.2, -0.15) is 0 Å². The second-order valence-corrected chi connectivity index (χ2v) is 4.37. The van der Waals surface area contributed by atoms with Crippen molar-refractivity contribution in [3.8, 4) is 0 Å². The second-order valence-electron chi connectivity index (χ2n) is 4.37. The quantitative estimate of drug-likeness (QED) is 0.900. The largest absolute Gasteiger partial charge is 0.350 e. The highest BCUT2D eigenvalue weighted by Gasteiger charge is 2.04. The highest BCUT2D eigenvalue weighted by molar-refractivity contribution is 5.75. The summed E-state index contributed by atoms with van der Waals surface area (Å²) in [5, 5.41) is 2.82. The van der Waals surface area contributed by atoms with E-state index in [-0.39, 0.29) is 18.0 Å². The molecule has 2 aromatic rings. The van der Waals surface area contributed by atoms with E-state index in [0.717, 1.165) is 11.1 Å². The molecule has 4 nitrogen and oxygen atoms in total. The van der Waals surface area contributed by atoms with Crippen LogP contribution in [0.15, 0.2) is 53.5 Å². The maximum atomic E-state index is 11.8. The third-order valence-electron chi connectivity index (χ3n) is 2.95. The average Bonchev–Trinajstić information content (AvgIpc) is 2.40. The Bertz CT molecular complexity index is 632. The summed E-state index contributed by atoms with van der Waals surface area (Å²) in [5.74, 6) is -0.170. The van der Waals surface area contributed by atoms with E-state index in [4.69, 9.17) is 0 Å². The Morgan fingerprint density at radius 3 is 2.63 bits per heavy atom. The van der Waals surface area contributed by atoms with Crippen molar-refractivity contribution < 1.29 is 4.79 Å². The fourth-order valence-electron chi connectivity index (χ4n) is 1.80. The standard InChI is InChI=1S/C15H16N2O2/c1-12-6-2-3-7-13(12)10-16-14(18)11-17-9-5-4-8-15(17)19/h2-9H,10-11H2,1H3,(H,16,18). The van der Waals surface area contributed by atoms with Crippen LogP contribution in [0.25, 0.3) is 0 Å². The Hall–Kier alpha value is -2.36. The van der Waals surface area contributed by atoms with Crippen molar-refractivity contribution in [2.45, 2.75) is 20.0 Å². The van der Waals surface area contributed by atoms with E-state index in [1.54, 1.807) is 18.3 Å². The van der Waals surface area contributed by atoms with E-state index >= 15 is 0 Å². The molecule has 0 atom stereocenters. The van der Waals surface area contributed by atoms with Gasteiger partial charge in [-0.25, -0.2) is 0 Å². The van der Waals surface area contributed by atoms with Crippen LogP contribution in [0.1, 0.15) is 11.1 Å². The molecule has 1 heterocycles. The number of aryl methyl sites for hydroxylation is 1. The minimum absolute atomic E-state index is 0.0472. The first-order valence-electron chi connectivity index (χ1n) is 6.13. The van der Waals surface area contributed by atoms with Crippen molar-refractivity contribution in [1.29, 1.82) is 0 Å². The van der Waals surface area contributed by atoms with Crippen LogP contribution in [0.4, 0.5) is 0 Å². The molecule has 0 aliphatic carbocycles. The number of carbonyl (C=O) groups excluding carboxylic acids is 1. The fraction of sp³-hybridized carbons (Fsp3) is 0.200. The maximum Gasteiger partial charge on any atom is 0.250 e. The molecule has 0 saturated carbocycles. The summed E-state index contributed by atoms with van der Waals surface area (Å²) >= 11 is 0. The van der Waals surface area contributed by atoms with E-state index < -0.39 is 0 Å². The molecule has 0 aliphatic heterocycles. The van der Waals surface area contributed by atoms with Gasteiger partial charge < -0.3 is 9.88 Å². The minimum Gasteiger partial charge on any atom is -0.350 e. The summed E-state index contributed by atoms with van der Waals surface area (Å²) in [6.45, 7) is 2.53. The summed E-state index contributed by atoms with van der Waals surface area (Å²) in [7, 11) is 0. The van der Waals surface area contributed by atoms with Gasteiger partial charge in [0.15, 0.2) is 0 Å². The average molecular weight is 256 g/mol. The number of aromatic nitrogens is 1. The molecule has 1 aromatic carbocycles. The maximum absolute atomic E-state index is 11.8. The molecular formula is C15H16N2O2. The lowest BCUT2D eigenvalue weighted by atomic mass is 10.1. The third kappa shape index (κ3) is 3.55. The zero-order valence-electron chi connectivity index (χ0n) is 10.8. The topological polar surface area (TPSA) is 51.1 Å². The molecule has 0 saturated heterocycles. The van der Waals surface area contributed by atoms with Gasteiger partial charge in [0.25, 0.3) is 5.56 Å².